The van der Waals surface area contributed by atoms with Gasteiger partial charge < -0.3 is 0 Å². The first-order valence-electron chi connectivity index (χ1n) is 16.6. The van der Waals surface area contributed by atoms with Crippen LogP contribution in [0.25, 0.3) is 72.2 Å². The van der Waals surface area contributed by atoms with Crippen LogP contribution in [0, 0.1) is 0 Å². The van der Waals surface area contributed by atoms with Crippen LogP contribution in [0.3, 0.4) is 0 Å². The molecule has 0 N–H and O–H groups in total. The molecule has 0 radical (unpaired) electrons. The van der Waals surface area contributed by atoms with Crippen molar-refractivity contribution in [3.05, 3.63) is 185 Å². The standard InChI is InChI=1S/C45H28BrN3/c46-32-22-24-33-36(26-32)43-35(41(33)29-14-6-2-7-15-29)23-20-30-21-25-39-44(42(30)43)34-18-10-11-19-38(34)49(39)40-27-37(28-12-4-1-5-13-28)47-45(48-40)31-16-8-3-9-17-31/h1-27,41H. The van der Waals surface area contributed by atoms with E-state index >= 15 is 0 Å². The second kappa shape index (κ2) is 11.1. The van der Waals surface area contributed by atoms with Gasteiger partial charge in [-0.3, -0.25) is 4.57 Å². The number of benzene rings is 7. The highest BCUT2D eigenvalue weighted by Crippen LogP contribution is 2.53. The predicted octanol–water partition coefficient (Wildman–Crippen LogP) is 12.0. The molecule has 0 aliphatic heterocycles. The van der Waals surface area contributed by atoms with Gasteiger partial charge in [0, 0.05) is 38.4 Å². The minimum absolute atomic E-state index is 0.163. The van der Waals surface area contributed by atoms with Gasteiger partial charge in [0.25, 0.3) is 0 Å². The molecule has 0 saturated heterocycles. The third-order valence-electron chi connectivity index (χ3n) is 9.93. The largest absolute Gasteiger partial charge is 0.294 e. The van der Waals surface area contributed by atoms with Crippen LogP contribution < -0.4 is 0 Å². The fourth-order valence-corrected chi connectivity index (χ4v) is 8.22. The summed E-state index contributed by atoms with van der Waals surface area (Å²) < 4.78 is 3.41. The monoisotopic (exact) mass is 689 g/mol. The van der Waals surface area contributed by atoms with Gasteiger partial charge in [0.2, 0.25) is 0 Å². The van der Waals surface area contributed by atoms with E-state index in [1.54, 1.807) is 0 Å². The molecule has 49 heavy (non-hydrogen) atoms. The van der Waals surface area contributed by atoms with Crippen LogP contribution in [0.1, 0.15) is 22.6 Å². The molecular weight excluding hydrogens is 662 g/mol. The van der Waals surface area contributed by atoms with Crippen LogP contribution in [0.5, 0.6) is 0 Å². The van der Waals surface area contributed by atoms with Crippen molar-refractivity contribution in [3.63, 3.8) is 0 Å². The third-order valence-corrected chi connectivity index (χ3v) is 10.4. The van der Waals surface area contributed by atoms with Crippen molar-refractivity contribution in [1.29, 1.82) is 0 Å². The van der Waals surface area contributed by atoms with Gasteiger partial charge in [0.15, 0.2) is 5.82 Å². The summed E-state index contributed by atoms with van der Waals surface area (Å²) in [5.74, 6) is 1.71. The zero-order chi connectivity index (χ0) is 32.5. The molecule has 0 saturated carbocycles. The molecule has 0 spiro atoms. The molecule has 3 nitrogen and oxygen atoms in total. The van der Waals surface area contributed by atoms with Crippen LogP contribution in [-0.4, -0.2) is 14.5 Å². The van der Waals surface area contributed by atoms with Gasteiger partial charge in [-0.05, 0) is 62.9 Å². The summed E-state index contributed by atoms with van der Waals surface area (Å²) in [4.78, 5) is 10.4. The molecule has 1 aliphatic carbocycles. The molecule has 10 rings (SSSR count). The zero-order valence-corrected chi connectivity index (χ0v) is 28.0. The van der Waals surface area contributed by atoms with E-state index in [9.17, 15) is 0 Å². The van der Waals surface area contributed by atoms with E-state index in [1.807, 2.05) is 24.3 Å². The smallest absolute Gasteiger partial charge is 0.162 e. The van der Waals surface area contributed by atoms with Gasteiger partial charge in [0.05, 0.1) is 16.7 Å². The predicted molar refractivity (Wildman–Crippen MR) is 205 cm³/mol. The molecule has 1 unspecified atom stereocenters. The van der Waals surface area contributed by atoms with Crippen LogP contribution in [0.4, 0.5) is 0 Å². The van der Waals surface area contributed by atoms with Crippen molar-refractivity contribution in [2.75, 3.05) is 0 Å². The Balaban J connectivity index is 1.32. The van der Waals surface area contributed by atoms with E-state index in [1.165, 1.54) is 49.4 Å². The summed E-state index contributed by atoms with van der Waals surface area (Å²) in [7, 11) is 0. The van der Waals surface area contributed by atoms with Crippen LogP contribution in [0.2, 0.25) is 0 Å². The first-order chi connectivity index (χ1) is 24.2. The van der Waals surface area contributed by atoms with Crippen molar-refractivity contribution in [2.45, 2.75) is 5.92 Å². The maximum Gasteiger partial charge on any atom is 0.162 e. The molecule has 2 aromatic heterocycles. The Kier molecular flexibility index (Phi) is 6.40. The lowest BCUT2D eigenvalue weighted by Gasteiger charge is -2.15. The SMILES string of the molecule is Brc1ccc2c(c1)-c1c(ccc3ccc4c(c5ccccc5n4-c4cc(-c5ccccc5)nc(-c5ccccc5)n4)c13)C2c1ccccc1. The topological polar surface area (TPSA) is 30.7 Å². The van der Waals surface area contributed by atoms with Crippen LogP contribution in [0.15, 0.2) is 168 Å². The Labute approximate surface area is 292 Å². The Morgan fingerprint density at radius 3 is 2.00 bits per heavy atom. The number of hydrogen-bond donors (Lipinski definition) is 0. The van der Waals surface area contributed by atoms with Gasteiger partial charge in [-0.25, -0.2) is 9.97 Å². The maximum atomic E-state index is 5.27. The van der Waals surface area contributed by atoms with E-state index in [2.05, 4.69) is 160 Å². The lowest BCUT2D eigenvalue weighted by molar-refractivity contribution is 1.02. The molecule has 0 bridgehead atoms. The van der Waals surface area contributed by atoms with Crippen molar-refractivity contribution in [2.24, 2.45) is 0 Å². The van der Waals surface area contributed by atoms with Crippen molar-refractivity contribution < 1.29 is 0 Å². The van der Waals surface area contributed by atoms with Gasteiger partial charge in [0.1, 0.15) is 5.82 Å². The fourth-order valence-electron chi connectivity index (χ4n) is 7.86. The normalized spacial score (nSPS) is 13.6. The molecule has 1 atom stereocenters. The lowest BCUT2D eigenvalue weighted by Crippen LogP contribution is -2.02. The van der Waals surface area contributed by atoms with Crippen molar-refractivity contribution >= 4 is 48.5 Å². The molecule has 2 heterocycles. The average molecular weight is 691 g/mol. The zero-order valence-electron chi connectivity index (χ0n) is 26.4. The molecule has 230 valence electrons. The summed E-state index contributed by atoms with van der Waals surface area (Å²) in [5, 5.41) is 4.96. The van der Waals surface area contributed by atoms with E-state index < -0.39 is 0 Å². The summed E-state index contributed by atoms with van der Waals surface area (Å²) in [6.45, 7) is 0. The number of para-hydroxylation sites is 1. The molecule has 1 aliphatic rings. The van der Waals surface area contributed by atoms with Crippen LogP contribution in [-0.2, 0) is 0 Å². The number of halogens is 1. The summed E-state index contributed by atoms with van der Waals surface area (Å²) in [6, 6.07) is 58.4. The van der Waals surface area contributed by atoms with E-state index in [4.69, 9.17) is 9.97 Å². The number of fused-ring (bicyclic) bond motifs is 9. The van der Waals surface area contributed by atoms with E-state index in [0.29, 0.717) is 5.82 Å². The summed E-state index contributed by atoms with van der Waals surface area (Å²) >= 11 is 3.81. The number of aromatic nitrogens is 3. The Hall–Kier alpha value is -5.84. The molecular formula is C45H28BrN3. The Morgan fingerprint density at radius 2 is 1.20 bits per heavy atom. The van der Waals surface area contributed by atoms with Gasteiger partial charge >= 0.3 is 0 Å². The second-order valence-electron chi connectivity index (χ2n) is 12.7. The highest BCUT2D eigenvalue weighted by molar-refractivity contribution is 9.10. The fraction of sp³-hybridized carbons (Fsp3) is 0.0222. The highest BCUT2D eigenvalue weighted by atomic mass is 79.9. The first-order valence-corrected chi connectivity index (χ1v) is 17.4. The minimum Gasteiger partial charge on any atom is -0.294 e. The number of nitrogens with zero attached hydrogens (tertiary/aromatic N) is 3. The average Bonchev–Trinajstić information content (AvgIpc) is 3.68. The second-order valence-corrected chi connectivity index (χ2v) is 13.6. The van der Waals surface area contributed by atoms with Gasteiger partial charge in [-0.15, -0.1) is 0 Å². The lowest BCUT2D eigenvalue weighted by atomic mass is 9.88. The quantitative estimate of drug-likeness (QED) is 0.184. The van der Waals surface area contributed by atoms with Crippen molar-refractivity contribution in [3.8, 4) is 39.6 Å². The van der Waals surface area contributed by atoms with E-state index in [-0.39, 0.29) is 5.92 Å². The summed E-state index contributed by atoms with van der Waals surface area (Å²) in [6.07, 6.45) is 0. The first kappa shape index (κ1) is 28.2. The maximum absolute atomic E-state index is 5.27. The number of rotatable bonds is 4. The van der Waals surface area contributed by atoms with Crippen molar-refractivity contribution in [1.82, 2.24) is 14.5 Å². The molecule has 9 aromatic rings. The Bertz CT molecular complexity index is 2660. The summed E-state index contributed by atoms with van der Waals surface area (Å²) in [5.41, 5.74) is 11.8. The van der Waals surface area contributed by atoms with Gasteiger partial charge in [-0.2, -0.15) is 0 Å². The number of hydrogen-bond acceptors (Lipinski definition) is 2. The molecule has 7 aromatic carbocycles. The molecule has 0 fully saturated rings. The Morgan fingerprint density at radius 1 is 0.531 bits per heavy atom. The van der Waals surface area contributed by atoms with Gasteiger partial charge in [-0.1, -0.05) is 149 Å². The highest BCUT2D eigenvalue weighted by Gasteiger charge is 2.32. The third kappa shape index (κ3) is 4.41. The van der Waals surface area contributed by atoms with E-state index in [0.717, 1.165) is 38.1 Å². The minimum atomic E-state index is 0.163. The van der Waals surface area contributed by atoms with Crippen LogP contribution >= 0.6 is 15.9 Å². The molecule has 4 heteroatoms. The molecule has 0 amide bonds.